The maximum atomic E-state index is 13.7. The summed E-state index contributed by atoms with van der Waals surface area (Å²) in [5, 5.41) is 2.73. The molecule has 0 unspecified atom stereocenters. The third-order valence-corrected chi connectivity index (χ3v) is 2.99. The molecular weight excluding hydrogens is 302 g/mol. The van der Waals surface area contributed by atoms with E-state index in [2.05, 4.69) is 21.2 Å². The molecule has 2 aromatic carbocycles. The Hall–Kier alpha value is -1.62. The smallest absolute Gasteiger partial charge is 0.150 e. The molecule has 0 radical (unpaired) electrons. The Bertz CT molecular complexity index is 577. The first-order chi connectivity index (χ1) is 8.47. The van der Waals surface area contributed by atoms with E-state index in [1.54, 1.807) is 18.2 Å². The quantitative estimate of drug-likeness (QED) is 0.808. The molecular formula is C13H11BrF2N2. The van der Waals surface area contributed by atoms with Crippen molar-refractivity contribution in [3.05, 3.63) is 52.0 Å². The summed E-state index contributed by atoms with van der Waals surface area (Å²) in [6, 6.07) is 7.55. The molecule has 2 aromatic rings. The summed E-state index contributed by atoms with van der Waals surface area (Å²) in [5.74, 6) is -1.33. The van der Waals surface area contributed by atoms with Gasteiger partial charge in [0.05, 0.1) is 0 Å². The van der Waals surface area contributed by atoms with Gasteiger partial charge in [0.1, 0.15) is 5.69 Å². The van der Waals surface area contributed by atoms with E-state index in [4.69, 9.17) is 5.73 Å². The number of halogens is 3. The molecule has 3 N–H and O–H groups in total. The van der Waals surface area contributed by atoms with Crippen LogP contribution >= 0.6 is 15.9 Å². The van der Waals surface area contributed by atoms with Crippen molar-refractivity contribution in [1.29, 1.82) is 0 Å². The first-order valence-corrected chi connectivity index (χ1v) is 6.04. The lowest BCUT2D eigenvalue weighted by molar-refractivity contribution is 0.589. The number of rotatable bonds is 2. The fraction of sp³-hybridized carbons (Fsp3) is 0.0769. The van der Waals surface area contributed by atoms with Crippen molar-refractivity contribution in [2.45, 2.75) is 6.92 Å². The van der Waals surface area contributed by atoms with Gasteiger partial charge < -0.3 is 11.1 Å². The van der Waals surface area contributed by atoms with Crippen LogP contribution < -0.4 is 11.1 Å². The van der Waals surface area contributed by atoms with Gasteiger partial charge in [-0.2, -0.15) is 0 Å². The van der Waals surface area contributed by atoms with Crippen LogP contribution in [0.4, 0.5) is 25.8 Å². The molecule has 94 valence electrons. The Labute approximate surface area is 112 Å². The lowest BCUT2D eigenvalue weighted by Crippen LogP contribution is -2.00. The number of anilines is 3. The summed E-state index contributed by atoms with van der Waals surface area (Å²) in [6.45, 7) is 1.83. The molecule has 0 heterocycles. The van der Waals surface area contributed by atoms with Gasteiger partial charge in [-0.3, -0.25) is 0 Å². The van der Waals surface area contributed by atoms with Crippen LogP contribution in [0.3, 0.4) is 0 Å². The first-order valence-electron chi connectivity index (χ1n) is 5.25. The number of nitrogens with two attached hydrogens (primary N) is 1. The SMILES string of the molecule is Cc1ccc(N)cc1Nc1c(F)cc(Br)cc1F. The van der Waals surface area contributed by atoms with E-state index in [1.807, 2.05) is 6.92 Å². The van der Waals surface area contributed by atoms with E-state index in [-0.39, 0.29) is 5.69 Å². The van der Waals surface area contributed by atoms with Gasteiger partial charge in [-0.25, -0.2) is 8.78 Å². The predicted octanol–water partition coefficient (Wildman–Crippen LogP) is 4.36. The van der Waals surface area contributed by atoms with Crippen LogP contribution in [0.25, 0.3) is 0 Å². The van der Waals surface area contributed by atoms with Crippen molar-refractivity contribution in [1.82, 2.24) is 0 Å². The summed E-state index contributed by atoms with van der Waals surface area (Å²) >= 11 is 3.03. The number of hydrogen-bond donors (Lipinski definition) is 2. The Morgan fingerprint density at radius 3 is 2.33 bits per heavy atom. The minimum atomic E-state index is -0.663. The van der Waals surface area contributed by atoms with Crippen LogP contribution in [-0.2, 0) is 0 Å². The zero-order valence-corrected chi connectivity index (χ0v) is 11.2. The first kappa shape index (κ1) is 12.8. The average molecular weight is 313 g/mol. The van der Waals surface area contributed by atoms with Gasteiger partial charge in [-0.05, 0) is 36.8 Å². The van der Waals surface area contributed by atoms with E-state index in [9.17, 15) is 8.78 Å². The molecule has 0 bridgehead atoms. The van der Waals surface area contributed by atoms with Gasteiger partial charge in [0.25, 0.3) is 0 Å². The summed E-state index contributed by atoms with van der Waals surface area (Å²) in [7, 11) is 0. The second-order valence-corrected chi connectivity index (χ2v) is 4.86. The fourth-order valence-electron chi connectivity index (χ4n) is 1.57. The molecule has 0 aliphatic heterocycles. The van der Waals surface area contributed by atoms with Gasteiger partial charge in [0.15, 0.2) is 11.6 Å². The van der Waals surface area contributed by atoms with E-state index in [0.29, 0.717) is 15.8 Å². The third-order valence-electron chi connectivity index (χ3n) is 2.53. The lowest BCUT2D eigenvalue weighted by atomic mass is 10.1. The number of hydrogen-bond acceptors (Lipinski definition) is 2. The van der Waals surface area contributed by atoms with Crippen molar-refractivity contribution in [3.8, 4) is 0 Å². The molecule has 2 rings (SSSR count). The molecule has 0 saturated carbocycles. The van der Waals surface area contributed by atoms with E-state index < -0.39 is 11.6 Å². The summed E-state index contributed by atoms with van der Waals surface area (Å²) in [4.78, 5) is 0. The average Bonchev–Trinajstić information content (AvgIpc) is 2.28. The normalized spacial score (nSPS) is 10.4. The van der Waals surface area contributed by atoms with Crippen LogP contribution in [0.1, 0.15) is 5.56 Å². The topological polar surface area (TPSA) is 38.0 Å². The molecule has 0 spiro atoms. The minimum Gasteiger partial charge on any atom is -0.399 e. The van der Waals surface area contributed by atoms with Crippen LogP contribution in [0.15, 0.2) is 34.8 Å². The van der Waals surface area contributed by atoms with E-state index >= 15 is 0 Å². The van der Waals surface area contributed by atoms with Crippen molar-refractivity contribution < 1.29 is 8.78 Å². The molecule has 0 saturated heterocycles. The maximum Gasteiger partial charge on any atom is 0.150 e. The highest BCUT2D eigenvalue weighted by Crippen LogP contribution is 2.29. The summed E-state index contributed by atoms with van der Waals surface area (Å²) < 4.78 is 27.7. The second-order valence-electron chi connectivity index (χ2n) is 3.94. The second kappa shape index (κ2) is 4.94. The lowest BCUT2D eigenvalue weighted by Gasteiger charge is -2.12. The van der Waals surface area contributed by atoms with Crippen LogP contribution in [0.5, 0.6) is 0 Å². The molecule has 0 atom stereocenters. The maximum absolute atomic E-state index is 13.7. The highest BCUT2D eigenvalue weighted by molar-refractivity contribution is 9.10. The van der Waals surface area contributed by atoms with E-state index in [0.717, 1.165) is 5.56 Å². The molecule has 0 aromatic heterocycles. The largest absolute Gasteiger partial charge is 0.399 e. The van der Waals surface area contributed by atoms with Gasteiger partial charge in [-0.15, -0.1) is 0 Å². The van der Waals surface area contributed by atoms with Crippen molar-refractivity contribution in [2.24, 2.45) is 0 Å². The summed E-state index contributed by atoms with van der Waals surface area (Å²) in [5.41, 5.74) is 7.42. The van der Waals surface area contributed by atoms with Crippen molar-refractivity contribution >= 4 is 33.0 Å². The molecule has 5 heteroatoms. The predicted molar refractivity (Wildman–Crippen MR) is 72.9 cm³/mol. The zero-order valence-electron chi connectivity index (χ0n) is 9.60. The van der Waals surface area contributed by atoms with Crippen molar-refractivity contribution in [3.63, 3.8) is 0 Å². The van der Waals surface area contributed by atoms with Crippen LogP contribution in [0, 0.1) is 18.6 Å². The zero-order chi connectivity index (χ0) is 13.3. The summed E-state index contributed by atoms with van der Waals surface area (Å²) in [6.07, 6.45) is 0. The standard InChI is InChI=1S/C13H11BrF2N2/c1-7-2-3-9(17)6-12(7)18-13-10(15)4-8(14)5-11(13)16/h2-6,18H,17H2,1H3. The van der Waals surface area contributed by atoms with Crippen LogP contribution in [0.2, 0.25) is 0 Å². The molecule has 0 aliphatic carbocycles. The Morgan fingerprint density at radius 1 is 1.11 bits per heavy atom. The highest BCUT2D eigenvalue weighted by atomic mass is 79.9. The number of aryl methyl sites for hydroxylation is 1. The fourth-order valence-corrected chi connectivity index (χ4v) is 1.97. The number of benzene rings is 2. The van der Waals surface area contributed by atoms with Crippen molar-refractivity contribution in [2.75, 3.05) is 11.1 Å². The Kier molecular flexibility index (Phi) is 3.52. The van der Waals surface area contributed by atoms with Gasteiger partial charge in [0.2, 0.25) is 0 Å². The van der Waals surface area contributed by atoms with E-state index in [1.165, 1.54) is 12.1 Å². The van der Waals surface area contributed by atoms with Crippen LogP contribution in [-0.4, -0.2) is 0 Å². The molecule has 18 heavy (non-hydrogen) atoms. The van der Waals surface area contributed by atoms with Gasteiger partial charge in [-0.1, -0.05) is 22.0 Å². The highest BCUT2D eigenvalue weighted by Gasteiger charge is 2.11. The Morgan fingerprint density at radius 2 is 1.72 bits per heavy atom. The third kappa shape index (κ3) is 2.61. The minimum absolute atomic E-state index is 0.188. The number of nitrogens with one attached hydrogen (secondary N) is 1. The Balaban J connectivity index is 2.43. The molecule has 2 nitrogen and oxygen atoms in total. The van der Waals surface area contributed by atoms with Gasteiger partial charge >= 0.3 is 0 Å². The molecule has 0 aliphatic rings. The monoisotopic (exact) mass is 312 g/mol. The van der Waals surface area contributed by atoms with Gasteiger partial charge in [0, 0.05) is 15.8 Å². The number of nitrogen functional groups attached to an aromatic ring is 1. The molecule has 0 amide bonds. The molecule has 0 fully saturated rings.